The van der Waals surface area contributed by atoms with Crippen molar-refractivity contribution in [2.24, 2.45) is 0 Å². The molecular formula is C13H10N2. The van der Waals surface area contributed by atoms with Gasteiger partial charge in [-0.25, -0.2) is 4.98 Å². The standard InChI is InChI=1S/C13H10N2/c1-2-5-11(6-3-1)13-8-4-7-12-9-14-10-15(12)13/h1-10H. The number of imidazole rings is 1. The molecule has 3 rings (SSSR count). The summed E-state index contributed by atoms with van der Waals surface area (Å²) < 4.78 is 2.09. The van der Waals surface area contributed by atoms with Gasteiger partial charge < -0.3 is 0 Å². The van der Waals surface area contributed by atoms with Crippen LogP contribution in [0.3, 0.4) is 0 Å². The summed E-state index contributed by atoms with van der Waals surface area (Å²) in [5.74, 6) is 0. The van der Waals surface area contributed by atoms with Crippen molar-refractivity contribution in [3.63, 3.8) is 0 Å². The van der Waals surface area contributed by atoms with E-state index in [0.29, 0.717) is 0 Å². The van der Waals surface area contributed by atoms with Crippen LogP contribution in [0.2, 0.25) is 0 Å². The van der Waals surface area contributed by atoms with E-state index in [-0.39, 0.29) is 0 Å². The molecule has 0 radical (unpaired) electrons. The SMILES string of the molecule is c1ccc(-c2cccc3cncn23)cc1. The third-order valence-corrected chi connectivity index (χ3v) is 2.52. The number of aromatic nitrogens is 2. The zero-order valence-corrected chi connectivity index (χ0v) is 8.17. The molecule has 2 heterocycles. The smallest absolute Gasteiger partial charge is 0.0997 e. The average Bonchev–Trinajstić information content (AvgIpc) is 2.78. The molecule has 0 atom stereocenters. The fourth-order valence-electron chi connectivity index (χ4n) is 1.79. The predicted molar refractivity (Wildman–Crippen MR) is 60.6 cm³/mol. The van der Waals surface area contributed by atoms with Crippen LogP contribution in [0.15, 0.2) is 61.1 Å². The Morgan fingerprint density at radius 3 is 2.60 bits per heavy atom. The maximum atomic E-state index is 4.15. The van der Waals surface area contributed by atoms with Crippen LogP contribution < -0.4 is 0 Å². The summed E-state index contributed by atoms with van der Waals surface area (Å²) in [6.45, 7) is 0. The third kappa shape index (κ3) is 1.31. The number of hydrogen-bond donors (Lipinski definition) is 0. The average molecular weight is 194 g/mol. The molecule has 0 spiro atoms. The largest absolute Gasteiger partial charge is 0.299 e. The van der Waals surface area contributed by atoms with Crippen LogP contribution in [0.1, 0.15) is 0 Å². The zero-order chi connectivity index (χ0) is 10.1. The highest BCUT2D eigenvalue weighted by Gasteiger charge is 2.01. The first kappa shape index (κ1) is 8.24. The van der Waals surface area contributed by atoms with Crippen molar-refractivity contribution in [1.82, 2.24) is 9.38 Å². The lowest BCUT2D eigenvalue weighted by Crippen LogP contribution is -1.88. The zero-order valence-electron chi connectivity index (χ0n) is 8.17. The minimum absolute atomic E-state index is 1.12. The van der Waals surface area contributed by atoms with Crippen molar-refractivity contribution in [3.8, 4) is 11.3 Å². The minimum atomic E-state index is 1.12. The molecule has 1 aromatic carbocycles. The summed E-state index contributed by atoms with van der Waals surface area (Å²) in [4.78, 5) is 4.15. The molecule has 0 amide bonds. The molecule has 0 saturated carbocycles. The molecule has 0 unspecified atom stereocenters. The van der Waals surface area contributed by atoms with Crippen LogP contribution in [0.5, 0.6) is 0 Å². The van der Waals surface area contributed by atoms with E-state index in [2.05, 4.69) is 39.7 Å². The highest BCUT2D eigenvalue weighted by molar-refractivity contribution is 5.64. The molecule has 2 nitrogen and oxygen atoms in total. The fourth-order valence-corrected chi connectivity index (χ4v) is 1.79. The Hall–Kier alpha value is -2.09. The van der Waals surface area contributed by atoms with Gasteiger partial charge in [-0.3, -0.25) is 4.40 Å². The van der Waals surface area contributed by atoms with E-state index < -0.39 is 0 Å². The van der Waals surface area contributed by atoms with Crippen molar-refractivity contribution >= 4 is 5.52 Å². The Morgan fingerprint density at radius 2 is 1.73 bits per heavy atom. The van der Waals surface area contributed by atoms with E-state index in [1.807, 2.05) is 30.7 Å². The van der Waals surface area contributed by atoms with Gasteiger partial charge in [-0.05, 0) is 17.7 Å². The first-order valence-corrected chi connectivity index (χ1v) is 4.92. The van der Waals surface area contributed by atoms with Crippen LogP contribution >= 0.6 is 0 Å². The lowest BCUT2D eigenvalue weighted by atomic mass is 10.1. The van der Waals surface area contributed by atoms with E-state index in [9.17, 15) is 0 Å². The monoisotopic (exact) mass is 194 g/mol. The Balaban J connectivity index is 2.31. The van der Waals surface area contributed by atoms with Crippen LogP contribution in [-0.4, -0.2) is 9.38 Å². The van der Waals surface area contributed by atoms with E-state index in [0.717, 1.165) is 5.52 Å². The van der Waals surface area contributed by atoms with E-state index in [1.54, 1.807) is 0 Å². The Labute approximate surface area is 87.8 Å². The lowest BCUT2D eigenvalue weighted by Gasteiger charge is -2.04. The molecule has 0 saturated heterocycles. The maximum Gasteiger partial charge on any atom is 0.0997 e. The molecule has 72 valence electrons. The van der Waals surface area contributed by atoms with Crippen LogP contribution in [0, 0.1) is 0 Å². The quantitative estimate of drug-likeness (QED) is 0.582. The van der Waals surface area contributed by atoms with Crippen LogP contribution in [-0.2, 0) is 0 Å². The first-order chi connectivity index (χ1) is 7.45. The fraction of sp³-hybridized carbons (Fsp3) is 0. The van der Waals surface area contributed by atoms with Crippen molar-refractivity contribution in [2.45, 2.75) is 0 Å². The van der Waals surface area contributed by atoms with E-state index in [1.165, 1.54) is 11.3 Å². The summed E-state index contributed by atoms with van der Waals surface area (Å²) in [5, 5.41) is 0. The lowest BCUT2D eigenvalue weighted by molar-refractivity contribution is 1.16. The van der Waals surface area contributed by atoms with Crippen molar-refractivity contribution in [1.29, 1.82) is 0 Å². The minimum Gasteiger partial charge on any atom is -0.299 e. The van der Waals surface area contributed by atoms with Crippen molar-refractivity contribution in [2.75, 3.05) is 0 Å². The number of rotatable bonds is 1. The summed E-state index contributed by atoms with van der Waals surface area (Å²) in [6, 6.07) is 16.5. The third-order valence-electron chi connectivity index (χ3n) is 2.52. The van der Waals surface area contributed by atoms with Gasteiger partial charge in [0.2, 0.25) is 0 Å². The van der Waals surface area contributed by atoms with Gasteiger partial charge in [0.05, 0.1) is 23.7 Å². The number of pyridine rings is 1. The van der Waals surface area contributed by atoms with Gasteiger partial charge >= 0.3 is 0 Å². The highest BCUT2D eigenvalue weighted by atomic mass is 15.0. The highest BCUT2D eigenvalue weighted by Crippen LogP contribution is 2.19. The van der Waals surface area contributed by atoms with Gasteiger partial charge in [0, 0.05) is 0 Å². The second-order valence-corrected chi connectivity index (χ2v) is 3.47. The maximum absolute atomic E-state index is 4.15. The second-order valence-electron chi connectivity index (χ2n) is 3.47. The van der Waals surface area contributed by atoms with Crippen LogP contribution in [0.4, 0.5) is 0 Å². The van der Waals surface area contributed by atoms with Crippen molar-refractivity contribution in [3.05, 3.63) is 61.1 Å². The summed E-state index contributed by atoms with van der Waals surface area (Å²) in [5.41, 5.74) is 3.50. The van der Waals surface area contributed by atoms with Gasteiger partial charge in [0.25, 0.3) is 0 Å². The molecule has 2 heteroatoms. The number of nitrogens with zero attached hydrogens (tertiary/aromatic N) is 2. The molecule has 15 heavy (non-hydrogen) atoms. The Kier molecular flexibility index (Phi) is 1.78. The first-order valence-electron chi connectivity index (χ1n) is 4.92. The Bertz CT molecular complexity index is 582. The number of hydrogen-bond acceptors (Lipinski definition) is 1. The normalized spacial score (nSPS) is 10.7. The van der Waals surface area contributed by atoms with Crippen LogP contribution in [0.25, 0.3) is 16.8 Å². The molecule has 0 aliphatic carbocycles. The molecule has 0 aliphatic rings. The molecule has 2 aromatic heterocycles. The molecule has 0 N–H and O–H groups in total. The number of benzene rings is 1. The van der Waals surface area contributed by atoms with Gasteiger partial charge in [-0.15, -0.1) is 0 Å². The molecule has 0 fully saturated rings. The second kappa shape index (κ2) is 3.24. The van der Waals surface area contributed by atoms with Gasteiger partial charge in [0.15, 0.2) is 0 Å². The van der Waals surface area contributed by atoms with Crippen molar-refractivity contribution < 1.29 is 0 Å². The van der Waals surface area contributed by atoms with E-state index in [4.69, 9.17) is 0 Å². The topological polar surface area (TPSA) is 17.3 Å². The molecule has 0 aliphatic heterocycles. The van der Waals surface area contributed by atoms with E-state index >= 15 is 0 Å². The molecule has 3 aromatic rings. The predicted octanol–water partition coefficient (Wildman–Crippen LogP) is 3.00. The molecule has 0 bridgehead atoms. The molecular weight excluding hydrogens is 184 g/mol. The summed E-state index contributed by atoms with van der Waals surface area (Å²) >= 11 is 0. The van der Waals surface area contributed by atoms with Gasteiger partial charge in [-0.2, -0.15) is 0 Å². The summed E-state index contributed by atoms with van der Waals surface area (Å²) in [7, 11) is 0. The van der Waals surface area contributed by atoms with Gasteiger partial charge in [-0.1, -0.05) is 36.4 Å². The Morgan fingerprint density at radius 1 is 0.867 bits per heavy atom. The summed E-state index contributed by atoms with van der Waals surface area (Å²) in [6.07, 6.45) is 3.71. The van der Waals surface area contributed by atoms with Gasteiger partial charge in [0.1, 0.15) is 0 Å². The number of fused-ring (bicyclic) bond motifs is 1.